The van der Waals surface area contributed by atoms with Gasteiger partial charge in [-0.05, 0) is 27.7 Å². The van der Waals surface area contributed by atoms with Crippen LogP contribution < -0.4 is 5.43 Å². The number of hydrogen-bond donors (Lipinski definition) is 1. The molecule has 7 heteroatoms. The van der Waals surface area contributed by atoms with Gasteiger partial charge in [0, 0.05) is 12.8 Å². The molecule has 0 aromatic heterocycles. The number of amides is 3. The number of hydrazone groups is 1. The van der Waals surface area contributed by atoms with Gasteiger partial charge in [-0.15, -0.1) is 0 Å². The van der Waals surface area contributed by atoms with Gasteiger partial charge in [0.2, 0.25) is 11.8 Å². The monoisotopic (exact) mass is 269 g/mol. The molecule has 1 fully saturated rings. The Hall–Kier alpha value is -1.92. The van der Waals surface area contributed by atoms with E-state index in [-0.39, 0.29) is 31.2 Å². The van der Waals surface area contributed by atoms with Gasteiger partial charge in [0.05, 0.1) is 12.3 Å². The molecule has 1 rings (SSSR count). The zero-order valence-corrected chi connectivity index (χ0v) is 11.6. The Morgan fingerprint density at radius 1 is 1.32 bits per heavy atom. The summed E-state index contributed by atoms with van der Waals surface area (Å²) in [6.45, 7) is 6.93. The van der Waals surface area contributed by atoms with Crippen LogP contribution in [-0.4, -0.2) is 40.7 Å². The van der Waals surface area contributed by atoms with Gasteiger partial charge in [-0.3, -0.25) is 14.5 Å². The van der Waals surface area contributed by atoms with Gasteiger partial charge in [0.25, 0.3) is 0 Å². The quantitative estimate of drug-likeness (QED) is 0.471. The molecule has 0 aliphatic carbocycles. The lowest BCUT2D eigenvalue weighted by Crippen LogP contribution is -2.35. The zero-order chi connectivity index (χ0) is 14.6. The van der Waals surface area contributed by atoms with Gasteiger partial charge in [-0.25, -0.2) is 10.2 Å². The van der Waals surface area contributed by atoms with Crippen molar-refractivity contribution in [2.75, 3.05) is 6.54 Å². The van der Waals surface area contributed by atoms with Crippen molar-refractivity contribution in [1.29, 1.82) is 0 Å². The molecule has 106 valence electrons. The maximum atomic E-state index is 11.4. The minimum Gasteiger partial charge on any atom is -0.443 e. The van der Waals surface area contributed by atoms with Crippen LogP contribution in [0, 0.1) is 0 Å². The standard InChI is InChI=1S/C12H19N3O4/c1-8(7-15-9(16)5-6-10(15)17)13-14-11(18)19-12(2,3)4/h5-7H2,1-4H3,(H,14,18). The minimum atomic E-state index is -0.675. The lowest BCUT2D eigenvalue weighted by atomic mass is 10.2. The summed E-state index contributed by atoms with van der Waals surface area (Å²) < 4.78 is 5.00. The van der Waals surface area contributed by atoms with Crippen molar-refractivity contribution in [2.24, 2.45) is 5.10 Å². The molecule has 0 aromatic carbocycles. The van der Waals surface area contributed by atoms with Crippen molar-refractivity contribution in [2.45, 2.75) is 46.1 Å². The first-order valence-corrected chi connectivity index (χ1v) is 6.04. The van der Waals surface area contributed by atoms with Gasteiger partial charge in [-0.1, -0.05) is 0 Å². The molecule has 3 amide bonds. The van der Waals surface area contributed by atoms with Crippen molar-refractivity contribution in [3.63, 3.8) is 0 Å². The van der Waals surface area contributed by atoms with Crippen LogP contribution in [-0.2, 0) is 14.3 Å². The number of carbonyl (C=O) groups is 3. The highest BCUT2D eigenvalue weighted by Crippen LogP contribution is 2.11. The van der Waals surface area contributed by atoms with Crippen molar-refractivity contribution >= 4 is 23.6 Å². The summed E-state index contributed by atoms with van der Waals surface area (Å²) in [7, 11) is 0. The Bertz CT molecular complexity index is 407. The normalized spacial score (nSPS) is 16.8. The Morgan fingerprint density at radius 2 is 1.84 bits per heavy atom. The van der Waals surface area contributed by atoms with Crippen molar-refractivity contribution < 1.29 is 19.1 Å². The van der Waals surface area contributed by atoms with Gasteiger partial charge in [0.15, 0.2) is 0 Å². The average Bonchev–Trinajstić information content (AvgIpc) is 2.56. The summed E-state index contributed by atoms with van der Waals surface area (Å²) in [6.07, 6.45) is -0.192. The van der Waals surface area contributed by atoms with E-state index in [1.807, 2.05) is 0 Å². The highest BCUT2D eigenvalue weighted by atomic mass is 16.6. The van der Waals surface area contributed by atoms with E-state index in [2.05, 4.69) is 10.5 Å². The fraction of sp³-hybridized carbons (Fsp3) is 0.667. The average molecular weight is 269 g/mol. The maximum absolute atomic E-state index is 11.4. The lowest BCUT2D eigenvalue weighted by molar-refractivity contribution is -0.137. The van der Waals surface area contributed by atoms with Crippen LogP contribution in [0.1, 0.15) is 40.5 Å². The van der Waals surface area contributed by atoms with Gasteiger partial charge in [-0.2, -0.15) is 5.10 Å². The molecule has 1 aliphatic rings. The second-order valence-corrected chi connectivity index (χ2v) is 5.33. The maximum Gasteiger partial charge on any atom is 0.428 e. The first kappa shape index (κ1) is 15.1. The number of likely N-dealkylation sites (tertiary alicyclic amines) is 1. The summed E-state index contributed by atoms with van der Waals surface area (Å²) in [4.78, 5) is 35.2. The van der Waals surface area contributed by atoms with Crippen LogP contribution in [0.15, 0.2) is 5.10 Å². The number of rotatable bonds is 3. The molecule has 0 saturated carbocycles. The molecule has 1 saturated heterocycles. The van der Waals surface area contributed by atoms with E-state index < -0.39 is 11.7 Å². The number of carbonyl (C=O) groups excluding carboxylic acids is 3. The molecule has 0 bridgehead atoms. The lowest BCUT2D eigenvalue weighted by Gasteiger charge is -2.19. The Labute approximate surface area is 112 Å². The van der Waals surface area contributed by atoms with Crippen molar-refractivity contribution in [3.05, 3.63) is 0 Å². The largest absolute Gasteiger partial charge is 0.443 e. The molecule has 0 spiro atoms. The van der Waals surface area contributed by atoms with Crippen molar-refractivity contribution in [3.8, 4) is 0 Å². The smallest absolute Gasteiger partial charge is 0.428 e. The van der Waals surface area contributed by atoms with E-state index in [1.54, 1.807) is 27.7 Å². The summed E-state index contributed by atoms with van der Waals surface area (Å²) in [6, 6.07) is 0. The van der Waals surface area contributed by atoms with Gasteiger partial charge in [0.1, 0.15) is 5.60 Å². The predicted molar refractivity (Wildman–Crippen MR) is 68.4 cm³/mol. The number of nitrogens with one attached hydrogen (secondary N) is 1. The van der Waals surface area contributed by atoms with Gasteiger partial charge >= 0.3 is 6.09 Å². The topological polar surface area (TPSA) is 88.1 Å². The molecule has 19 heavy (non-hydrogen) atoms. The molecule has 0 unspecified atom stereocenters. The van der Waals surface area contributed by atoms with Crippen LogP contribution in [0.5, 0.6) is 0 Å². The summed E-state index contributed by atoms with van der Waals surface area (Å²) in [5.74, 6) is -0.423. The molecular weight excluding hydrogens is 250 g/mol. The van der Waals surface area contributed by atoms with E-state index in [4.69, 9.17) is 4.74 Å². The zero-order valence-electron chi connectivity index (χ0n) is 11.6. The molecule has 1 aliphatic heterocycles. The molecule has 1 N–H and O–H groups in total. The summed E-state index contributed by atoms with van der Waals surface area (Å²) in [5, 5.41) is 3.79. The number of ether oxygens (including phenoxy) is 1. The Morgan fingerprint density at radius 3 is 2.32 bits per heavy atom. The second-order valence-electron chi connectivity index (χ2n) is 5.33. The fourth-order valence-electron chi connectivity index (χ4n) is 1.51. The number of hydrogen-bond acceptors (Lipinski definition) is 5. The third-order valence-electron chi connectivity index (χ3n) is 2.28. The highest BCUT2D eigenvalue weighted by molar-refractivity contribution is 6.05. The SMILES string of the molecule is CC(CN1C(=O)CCC1=O)=NNC(=O)OC(C)(C)C. The van der Waals surface area contributed by atoms with E-state index >= 15 is 0 Å². The summed E-state index contributed by atoms with van der Waals surface area (Å²) >= 11 is 0. The van der Waals surface area contributed by atoms with Crippen LogP contribution >= 0.6 is 0 Å². The highest BCUT2D eigenvalue weighted by Gasteiger charge is 2.29. The molecule has 0 radical (unpaired) electrons. The first-order chi connectivity index (χ1) is 8.69. The molecule has 0 aromatic rings. The first-order valence-electron chi connectivity index (χ1n) is 6.04. The minimum absolute atomic E-state index is 0.0907. The molecular formula is C12H19N3O4. The van der Waals surface area contributed by atoms with Crippen LogP contribution in [0.25, 0.3) is 0 Å². The number of nitrogens with zero attached hydrogens (tertiary/aromatic N) is 2. The van der Waals surface area contributed by atoms with Crippen LogP contribution in [0.3, 0.4) is 0 Å². The number of imide groups is 1. The van der Waals surface area contributed by atoms with Gasteiger partial charge < -0.3 is 4.74 Å². The Balaban J connectivity index is 2.47. The third kappa shape index (κ3) is 5.07. The molecule has 7 nitrogen and oxygen atoms in total. The van der Waals surface area contributed by atoms with E-state index in [0.717, 1.165) is 4.90 Å². The van der Waals surface area contributed by atoms with E-state index in [1.165, 1.54) is 0 Å². The third-order valence-corrected chi connectivity index (χ3v) is 2.28. The van der Waals surface area contributed by atoms with E-state index in [9.17, 15) is 14.4 Å². The molecule has 0 atom stereocenters. The molecule has 1 heterocycles. The van der Waals surface area contributed by atoms with Crippen LogP contribution in [0.4, 0.5) is 4.79 Å². The van der Waals surface area contributed by atoms with Crippen LogP contribution in [0.2, 0.25) is 0 Å². The van der Waals surface area contributed by atoms with E-state index in [0.29, 0.717) is 5.71 Å². The Kier molecular flexibility index (Phi) is 4.63. The fourth-order valence-corrected chi connectivity index (χ4v) is 1.51. The second kappa shape index (κ2) is 5.81. The van der Waals surface area contributed by atoms with Crippen molar-refractivity contribution in [1.82, 2.24) is 10.3 Å². The predicted octanol–water partition coefficient (Wildman–Crippen LogP) is 1.04. The summed E-state index contributed by atoms with van der Waals surface area (Å²) in [5.41, 5.74) is 2.07.